The summed E-state index contributed by atoms with van der Waals surface area (Å²) < 4.78 is 12.2. The zero-order valence-electron chi connectivity index (χ0n) is 21.4. The Morgan fingerprint density at radius 1 is 1.11 bits per heavy atom. The Balaban J connectivity index is 1.11. The van der Waals surface area contributed by atoms with E-state index in [9.17, 15) is 9.90 Å². The van der Waals surface area contributed by atoms with Crippen molar-refractivity contribution in [1.29, 1.82) is 0 Å². The molecule has 4 heterocycles. The largest absolute Gasteiger partial charge is 0.475 e. The van der Waals surface area contributed by atoms with Crippen molar-refractivity contribution in [3.05, 3.63) is 76.3 Å². The van der Waals surface area contributed by atoms with E-state index in [-0.39, 0.29) is 11.9 Å². The number of furan rings is 1. The number of hydrogen-bond donors (Lipinski definition) is 2. The van der Waals surface area contributed by atoms with E-state index in [0.717, 1.165) is 52.8 Å². The summed E-state index contributed by atoms with van der Waals surface area (Å²) in [5.74, 6) is -0.447. The fourth-order valence-electron chi connectivity index (χ4n) is 6.76. The molecule has 6 nitrogen and oxygen atoms in total. The summed E-state index contributed by atoms with van der Waals surface area (Å²) in [6, 6.07) is 14.5. The van der Waals surface area contributed by atoms with Gasteiger partial charge >= 0.3 is 5.97 Å². The van der Waals surface area contributed by atoms with E-state index >= 15 is 0 Å². The third-order valence-corrected chi connectivity index (χ3v) is 9.09. The first-order valence-corrected chi connectivity index (χ1v) is 14.0. The molecule has 2 saturated heterocycles. The van der Waals surface area contributed by atoms with Crippen LogP contribution in [0.3, 0.4) is 0 Å². The van der Waals surface area contributed by atoms with Gasteiger partial charge < -0.3 is 24.1 Å². The highest BCUT2D eigenvalue weighted by atomic mass is 35.5. The lowest BCUT2D eigenvalue weighted by Crippen LogP contribution is -2.45. The number of aryl methyl sites for hydroxylation is 1. The van der Waals surface area contributed by atoms with E-state index in [1.54, 1.807) is 6.07 Å². The predicted molar refractivity (Wildman–Crippen MR) is 148 cm³/mol. The molecule has 2 atom stereocenters. The van der Waals surface area contributed by atoms with E-state index in [1.807, 2.05) is 24.3 Å². The van der Waals surface area contributed by atoms with Gasteiger partial charge in [-0.15, -0.1) is 0 Å². The minimum Gasteiger partial charge on any atom is -0.475 e. The van der Waals surface area contributed by atoms with Gasteiger partial charge in [0, 0.05) is 56.8 Å². The fourth-order valence-corrected chi connectivity index (χ4v) is 7.00. The van der Waals surface area contributed by atoms with Gasteiger partial charge in [0.2, 0.25) is 5.76 Å². The standard InChI is InChI=1S/C31H31ClN2O4/c1-17-23-14-29(31(35)36)38-28(23)11-10-27(17)34-19-8-9-20(34)13-21(12-19)37-16-25-24(15-33-30(25)18-6-7-18)22-4-2-3-5-26(22)32/h2-5,10-11,14-15,18-21,33H,6-9,12-13,16H2,1H3,(H,35,36). The molecule has 3 fully saturated rings. The molecule has 0 spiro atoms. The summed E-state index contributed by atoms with van der Waals surface area (Å²) in [7, 11) is 0. The molecule has 0 radical (unpaired) electrons. The number of ether oxygens (including phenoxy) is 1. The number of halogens is 1. The second kappa shape index (κ2) is 9.21. The Kier molecular flexibility index (Phi) is 5.78. The van der Waals surface area contributed by atoms with Gasteiger partial charge in [0.05, 0.1) is 12.7 Å². The lowest BCUT2D eigenvalue weighted by molar-refractivity contribution is 0.0150. The van der Waals surface area contributed by atoms with Crippen LogP contribution in [0.2, 0.25) is 5.02 Å². The summed E-state index contributed by atoms with van der Waals surface area (Å²) in [6.45, 7) is 2.67. The third kappa shape index (κ3) is 4.02. The van der Waals surface area contributed by atoms with Crippen LogP contribution in [0.1, 0.15) is 71.8 Å². The van der Waals surface area contributed by atoms with Crippen molar-refractivity contribution in [3.8, 4) is 11.1 Å². The first kappa shape index (κ1) is 23.9. The van der Waals surface area contributed by atoms with Gasteiger partial charge in [-0.25, -0.2) is 4.79 Å². The van der Waals surface area contributed by atoms with Crippen molar-refractivity contribution in [2.24, 2.45) is 0 Å². The van der Waals surface area contributed by atoms with Crippen molar-refractivity contribution >= 4 is 34.2 Å². The van der Waals surface area contributed by atoms with Crippen LogP contribution in [-0.4, -0.2) is 34.2 Å². The lowest BCUT2D eigenvalue weighted by atomic mass is 9.96. The number of rotatable bonds is 7. The van der Waals surface area contributed by atoms with Crippen LogP contribution in [0.4, 0.5) is 5.69 Å². The molecule has 2 unspecified atom stereocenters. The second-order valence-electron chi connectivity index (χ2n) is 11.1. The monoisotopic (exact) mass is 530 g/mol. The van der Waals surface area contributed by atoms with Crippen LogP contribution in [-0.2, 0) is 11.3 Å². The number of nitrogens with zero attached hydrogens (tertiary/aromatic N) is 1. The van der Waals surface area contributed by atoms with Crippen LogP contribution in [0.25, 0.3) is 22.1 Å². The molecule has 196 valence electrons. The predicted octanol–water partition coefficient (Wildman–Crippen LogP) is 7.68. The molecule has 3 aliphatic rings. The zero-order chi connectivity index (χ0) is 26.0. The van der Waals surface area contributed by atoms with E-state index < -0.39 is 5.97 Å². The molecule has 1 aliphatic carbocycles. The Bertz CT molecular complexity index is 1520. The highest BCUT2D eigenvalue weighted by molar-refractivity contribution is 6.33. The number of benzene rings is 2. The minimum atomic E-state index is -1.04. The maximum atomic E-state index is 11.4. The number of carboxylic acids is 1. The molecular formula is C31H31ClN2O4. The third-order valence-electron chi connectivity index (χ3n) is 8.76. The molecule has 7 heteroatoms. The Labute approximate surface area is 226 Å². The molecule has 7 rings (SSSR count). The average molecular weight is 531 g/mol. The van der Waals surface area contributed by atoms with Gasteiger partial charge in [-0.3, -0.25) is 0 Å². The second-order valence-corrected chi connectivity index (χ2v) is 11.5. The number of aromatic nitrogens is 1. The number of anilines is 1. The number of carbonyl (C=O) groups is 1. The number of H-pyrrole nitrogens is 1. The van der Waals surface area contributed by atoms with E-state index in [1.165, 1.54) is 29.8 Å². The lowest BCUT2D eigenvalue weighted by Gasteiger charge is -2.41. The smallest absolute Gasteiger partial charge is 0.371 e. The number of fused-ring (bicyclic) bond motifs is 3. The van der Waals surface area contributed by atoms with Gasteiger partial charge in [0.1, 0.15) is 5.58 Å². The Morgan fingerprint density at radius 2 is 1.87 bits per heavy atom. The molecule has 38 heavy (non-hydrogen) atoms. The van der Waals surface area contributed by atoms with Crippen molar-refractivity contribution < 1.29 is 19.1 Å². The van der Waals surface area contributed by atoms with Crippen LogP contribution >= 0.6 is 11.6 Å². The highest BCUT2D eigenvalue weighted by Crippen LogP contribution is 2.46. The Morgan fingerprint density at radius 3 is 2.58 bits per heavy atom. The summed E-state index contributed by atoms with van der Waals surface area (Å²) in [4.78, 5) is 17.5. The SMILES string of the molecule is Cc1c(N2C3CCC2CC(OCc2c(-c4ccccc4Cl)c[nH]c2C2CC2)C3)ccc2oc(C(=O)O)cc12. The van der Waals surface area contributed by atoms with Crippen LogP contribution in [0.5, 0.6) is 0 Å². The van der Waals surface area contributed by atoms with Gasteiger partial charge in [-0.1, -0.05) is 29.8 Å². The number of hydrogen-bond acceptors (Lipinski definition) is 4. The number of piperidine rings is 1. The average Bonchev–Trinajstić information content (AvgIpc) is 3.41. The van der Waals surface area contributed by atoms with Gasteiger partial charge in [-0.05, 0) is 81.2 Å². The van der Waals surface area contributed by atoms with Crippen molar-refractivity contribution in [2.75, 3.05) is 4.90 Å². The maximum Gasteiger partial charge on any atom is 0.371 e. The number of aromatic carboxylic acids is 1. The highest BCUT2D eigenvalue weighted by Gasteiger charge is 2.42. The number of carboxylic acid groups (broad SMARTS) is 1. The number of nitrogens with one attached hydrogen (secondary N) is 1. The van der Waals surface area contributed by atoms with Crippen molar-refractivity contribution in [2.45, 2.75) is 76.2 Å². The molecule has 2 aliphatic heterocycles. The molecular weight excluding hydrogens is 500 g/mol. The molecule has 2 bridgehead atoms. The van der Waals surface area contributed by atoms with Gasteiger partial charge in [-0.2, -0.15) is 0 Å². The zero-order valence-corrected chi connectivity index (χ0v) is 22.1. The normalized spacial score (nSPS) is 22.9. The van der Waals surface area contributed by atoms with Crippen LogP contribution in [0.15, 0.2) is 53.1 Å². The maximum absolute atomic E-state index is 11.4. The van der Waals surface area contributed by atoms with Gasteiger partial charge in [0.25, 0.3) is 0 Å². The van der Waals surface area contributed by atoms with Gasteiger partial charge in [0.15, 0.2) is 0 Å². The quantitative estimate of drug-likeness (QED) is 0.256. The van der Waals surface area contributed by atoms with Crippen molar-refractivity contribution in [1.82, 2.24) is 4.98 Å². The molecule has 2 aromatic heterocycles. The molecule has 2 N–H and O–H groups in total. The van der Waals surface area contributed by atoms with E-state index in [2.05, 4.69) is 35.1 Å². The van der Waals surface area contributed by atoms with Crippen molar-refractivity contribution in [3.63, 3.8) is 0 Å². The first-order valence-electron chi connectivity index (χ1n) is 13.6. The molecule has 4 aromatic rings. The fraction of sp³-hybridized carbons (Fsp3) is 0.387. The summed E-state index contributed by atoms with van der Waals surface area (Å²) >= 11 is 6.58. The molecule has 2 aromatic carbocycles. The van der Waals surface area contributed by atoms with E-state index in [4.69, 9.17) is 20.8 Å². The van der Waals surface area contributed by atoms with Crippen LogP contribution < -0.4 is 4.90 Å². The summed E-state index contributed by atoms with van der Waals surface area (Å²) in [5.41, 5.74) is 7.67. The minimum absolute atomic E-state index is 0.0122. The van der Waals surface area contributed by atoms with E-state index in [0.29, 0.717) is 30.2 Å². The number of aromatic amines is 1. The Hall–Kier alpha value is -3.22. The molecule has 1 saturated carbocycles. The summed E-state index contributed by atoms with van der Waals surface area (Å²) in [5, 5.41) is 11.0. The van der Waals surface area contributed by atoms with Crippen LogP contribution in [0, 0.1) is 6.92 Å². The molecule has 0 amide bonds. The summed E-state index contributed by atoms with van der Waals surface area (Å²) in [6.07, 6.45) is 9.05. The first-order chi connectivity index (χ1) is 18.5. The topological polar surface area (TPSA) is 78.7 Å².